The highest BCUT2D eigenvalue weighted by molar-refractivity contribution is 8.15. The van der Waals surface area contributed by atoms with E-state index in [4.69, 9.17) is 0 Å². The van der Waals surface area contributed by atoms with Gasteiger partial charge in [-0.05, 0) is 44.7 Å². The van der Waals surface area contributed by atoms with Crippen LogP contribution in [0.1, 0.15) is 0 Å². The molecule has 4 heteroatoms. The molecule has 0 unspecified atom stereocenters. The Morgan fingerprint density at radius 1 is 0.667 bits per heavy atom. The fourth-order valence-corrected chi connectivity index (χ4v) is 4.19. The summed E-state index contributed by atoms with van der Waals surface area (Å²) < 4.78 is 0. The average Bonchev–Trinajstić information content (AvgIpc) is 2.89. The van der Waals surface area contributed by atoms with Gasteiger partial charge in [0.25, 0.3) is 0 Å². The fourth-order valence-electron chi connectivity index (χ4n) is 2.35. The Morgan fingerprint density at radius 2 is 1.11 bits per heavy atom. The second-order valence-electron chi connectivity index (χ2n) is 4.19. The van der Waals surface area contributed by atoms with E-state index in [9.17, 15) is 9.59 Å². The monoisotopic (exact) mass is 270 g/mol. The average molecular weight is 270 g/mol. The molecule has 0 saturated heterocycles. The molecule has 0 amide bonds. The number of carbonyl (C=O) groups excluding carboxylic acids is 2. The summed E-state index contributed by atoms with van der Waals surface area (Å²) in [6.07, 6.45) is 3.33. The third kappa shape index (κ3) is 1.33. The second kappa shape index (κ2) is 3.49. The number of benzene rings is 2. The van der Waals surface area contributed by atoms with E-state index in [0.717, 1.165) is 31.0 Å². The molecule has 0 saturated carbocycles. The number of hydrogen-bond donors (Lipinski definition) is 0. The zero-order chi connectivity index (χ0) is 12.3. The number of rotatable bonds is 0. The first-order valence-electron chi connectivity index (χ1n) is 5.45. The van der Waals surface area contributed by atoms with E-state index in [-0.39, 0.29) is 10.2 Å². The number of thioether (sulfide) groups is 2. The lowest BCUT2D eigenvalue weighted by Crippen LogP contribution is -2.04. The van der Waals surface area contributed by atoms with Crippen LogP contribution in [0, 0.1) is 0 Å². The Labute approximate surface area is 111 Å². The van der Waals surface area contributed by atoms with Gasteiger partial charge in [0.1, 0.15) is 0 Å². The van der Waals surface area contributed by atoms with Crippen LogP contribution in [0.15, 0.2) is 34.1 Å². The van der Waals surface area contributed by atoms with Crippen LogP contribution in [0.25, 0.3) is 22.9 Å². The molecule has 0 fully saturated rings. The summed E-state index contributed by atoms with van der Waals surface area (Å²) >= 11 is 2.54. The first-order valence-corrected chi connectivity index (χ1v) is 7.08. The largest absolute Gasteiger partial charge is 0.282 e. The van der Waals surface area contributed by atoms with Gasteiger partial charge in [0, 0.05) is 21.9 Å². The Bertz CT molecular complexity index is 792. The molecule has 86 valence electrons. The molecule has 2 nitrogen and oxygen atoms in total. The van der Waals surface area contributed by atoms with Crippen LogP contribution in [0.4, 0.5) is 0 Å². The summed E-state index contributed by atoms with van der Waals surface area (Å²) in [6.45, 7) is 0. The zero-order valence-corrected chi connectivity index (χ0v) is 10.7. The van der Waals surface area contributed by atoms with Gasteiger partial charge in [-0.15, -0.1) is 0 Å². The van der Waals surface area contributed by atoms with Crippen molar-refractivity contribution in [1.29, 1.82) is 0 Å². The minimum Gasteiger partial charge on any atom is -0.282 e. The topological polar surface area (TPSA) is 34.1 Å². The van der Waals surface area contributed by atoms with Gasteiger partial charge in [-0.1, -0.05) is 24.3 Å². The van der Waals surface area contributed by atoms with Gasteiger partial charge >= 0.3 is 0 Å². The van der Waals surface area contributed by atoms with E-state index in [1.807, 2.05) is 24.3 Å². The molecule has 0 radical (unpaired) electrons. The van der Waals surface area contributed by atoms with Crippen LogP contribution >= 0.6 is 23.5 Å². The van der Waals surface area contributed by atoms with Gasteiger partial charge in [0.15, 0.2) is 0 Å². The van der Waals surface area contributed by atoms with Crippen molar-refractivity contribution in [2.24, 2.45) is 0 Å². The summed E-state index contributed by atoms with van der Waals surface area (Å²) in [5.74, 6) is 0. The summed E-state index contributed by atoms with van der Waals surface area (Å²) in [4.78, 5) is 25.0. The van der Waals surface area contributed by atoms with E-state index >= 15 is 0 Å². The molecule has 2 aromatic carbocycles. The molecule has 4 rings (SSSR count). The van der Waals surface area contributed by atoms with Gasteiger partial charge in [-0.2, -0.15) is 0 Å². The van der Waals surface area contributed by atoms with Crippen molar-refractivity contribution in [1.82, 2.24) is 0 Å². The Balaban J connectivity index is 2.15. The van der Waals surface area contributed by atoms with E-state index < -0.39 is 0 Å². The predicted molar refractivity (Wildman–Crippen MR) is 73.9 cm³/mol. The number of fused-ring (bicyclic) bond motifs is 5. The quantitative estimate of drug-likeness (QED) is 0.729. The predicted octanol–water partition coefficient (Wildman–Crippen LogP) is 1.67. The molecule has 2 aliphatic heterocycles. The van der Waals surface area contributed by atoms with Gasteiger partial charge in [-0.3, -0.25) is 9.59 Å². The molecule has 0 atom stereocenters. The van der Waals surface area contributed by atoms with Crippen LogP contribution in [-0.4, -0.2) is 10.2 Å². The minimum atomic E-state index is 0.0771. The van der Waals surface area contributed by atoms with Crippen LogP contribution in [0.3, 0.4) is 0 Å². The summed E-state index contributed by atoms with van der Waals surface area (Å²) in [7, 11) is 0. The molecular weight excluding hydrogens is 264 g/mol. The van der Waals surface area contributed by atoms with Gasteiger partial charge in [-0.25, -0.2) is 0 Å². The number of carbonyl (C=O) groups is 2. The van der Waals surface area contributed by atoms with Crippen molar-refractivity contribution >= 4 is 56.7 Å². The van der Waals surface area contributed by atoms with Crippen molar-refractivity contribution in [2.45, 2.75) is 9.79 Å². The molecular formula is C14H6O2S2. The second-order valence-corrected chi connectivity index (χ2v) is 6.22. The summed E-state index contributed by atoms with van der Waals surface area (Å²) in [6, 6.07) is 7.92. The summed E-state index contributed by atoms with van der Waals surface area (Å²) in [5.41, 5.74) is 0. The molecule has 0 spiro atoms. The highest BCUT2D eigenvalue weighted by Gasteiger charge is 2.19. The van der Waals surface area contributed by atoms with Crippen molar-refractivity contribution < 1.29 is 9.59 Å². The first kappa shape index (κ1) is 10.4. The van der Waals surface area contributed by atoms with E-state index in [1.165, 1.54) is 23.5 Å². The van der Waals surface area contributed by atoms with E-state index in [1.54, 1.807) is 12.2 Å². The van der Waals surface area contributed by atoms with Crippen molar-refractivity contribution in [3.8, 4) is 0 Å². The zero-order valence-electron chi connectivity index (χ0n) is 9.10. The SMILES string of the molecule is O=C1C=c2ccc3c4c(ccc3c2S1)=CC(=O)S4. The highest BCUT2D eigenvalue weighted by Crippen LogP contribution is 2.34. The van der Waals surface area contributed by atoms with Crippen molar-refractivity contribution in [3.63, 3.8) is 0 Å². The molecule has 0 aromatic heterocycles. The smallest absolute Gasteiger partial charge is 0.217 e. The minimum absolute atomic E-state index is 0.0771. The van der Waals surface area contributed by atoms with Crippen LogP contribution in [0.5, 0.6) is 0 Å². The molecule has 0 aliphatic carbocycles. The molecule has 0 N–H and O–H groups in total. The molecule has 2 heterocycles. The van der Waals surface area contributed by atoms with Crippen LogP contribution in [-0.2, 0) is 9.59 Å². The first-order chi connectivity index (χ1) is 8.72. The lowest BCUT2D eigenvalue weighted by Gasteiger charge is -2.05. The lowest BCUT2D eigenvalue weighted by molar-refractivity contribution is -0.106. The van der Waals surface area contributed by atoms with E-state index in [2.05, 4.69) is 0 Å². The molecule has 2 aliphatic rings. The van der Waals surface area contributed by atoms with Gasteiger partial charge < -0.3 is 0 Å². The third-order valence-corrected chi connectivity index (χ3v) is 5.07. The van der Waals surface area contributed by atoms with Gasteiger partial charge in [0.05, 0.1) is 0 Å². The van der Waals surface area contributed by atoms with Crippen molar-refractivity contribution in [2.75, 3.05) is 0 Å². The summed E-state index contributed by atoms with van der Waals surface area (Å²) in [5, 5.41) is 4.25. The maximum Gasteiger partial charge on any atom is 0.217 e. The standard InChI is InChI=1S/C14H6O2S2/c15-11-5-7-1-3-9-10(13(7)17-11)4-2-8-6-12(16)18-14(8)9/h1-6H. The van der Waals surface area contributed by atoms with E-state index in [0.29, 0.717) is 0 Å². The Hall–Kier alpha value is -1.52. The van der Waals surface area contributed by atoms with Crippen molar-refractivity contribution in [3.05, 3.63) is 34.7 Å². The Morgan fingerprint density at radius 3 is 1.56 bits per heavy atom. The normalized spacial score (nSPS) is 16.4. The maximum atomic E-state index is 11.5. The number of hydrogen-bond acceptors (Lipinski definition) is 4. The Kier molecular flexibility index (Phi) is 2.02. The van der Waals surface area contributed by atoms with Gasteiger partial charge in [0.2, 0.25) is 10.2 Å². The molecule has 0 bridgehead atoms. The highest BCUT2D eigenvalue weighted by atomic mass is 32.2. The maximum absolute atomic E-state index is 11.5. The third-order valence-electron chi connectivity index (χ3n) is 3.11. The van der Waals surface area contributed by atoms with Crippen LogP contribution < -0.4 is 10.4 Å². The fraction of sp³-hybridized carbons (Fsp3) is 0. The lowest BCUT2D eigenvalue weighted by atomic mass is 10.1. The van der Waals surface area contributed by atoms with Crippen LogP contribution in [0.2, 0.25) is 0 Å². The molecule has 18 heavy (non-hydrogen) atoms. The molecule has 2 aromatic rings.